The summed E-state index contributed by atoms with van der Waals surface area (Å²) < 4.78 is 2.04. The van der Waals surface area contributed by atoms with Gasteiger partial charge in [0, 0.05) is 44.9 Å². The van der Waals surface area contributed by atoms with Crippen molar-refractivity contribution in [2.75, 3.05) is 0 Å². The molecule has 2 aromatic rings. The largest absolute Gasteiger partial charge is 0.357 e. The number of rotatable bonds is 4. The first-order chi connectivity index (χ1) is 7.74. The molecule has 0 saturated carbocycles. The highest BCUT2D eigenvalue weighted by Crippen LogP contribution is 1.99. The summed E-state index contributed by atoms with van der Waals surface area (Å²) in [6, 6.07) is 2.10. The lowest BCUT2D eigenvalue weighted by Crippen LogP contribution is -2.13. The smallest absolute Gasteiger partial charge is 0.0724 e. The van der Waals surface area contributed by atoms with Crippen molar-refractivity contribution in [3.05, 3.63) is 47.8 Å². The molecular weight excluding hydrogens is 200 g/mol. The van der Waals surface area contributed by atoms with Gasteiger partial charge in [0.15, 0.2) is 0 Å². The van der Waals surface area contributed by atoms with E-state index in [9.17, 15) is 0 Å². The molecule has 4 nitrogen and oxygen atoms in total. The lowest BCUT2D eigenvalue weighted by molar-refractivity contribution is 0.675. The first-order valence-electron chi connectivity index (χ1n) is 5.33. The molecule has 16 heavy (non-hydrogen) atoms. The zero-order chi connectivity index (χ0) is 11.4. The molecule has 0 aliphatic rings. The summed E-state index contributed by atoms with van der Waals surface area (Å²) in [4.78, 5) is 8.49. The molecule has 1 N–H and O–H groups in total. The van der Waals surface area contributed by atoms with Gasteiger partial charge in [-0.25, -0.2) is 0 Å². The lowest BCUT2D eigenvalue weighted by Gasteiger charge is -2.02. The van der Waals surface area contributed by atoms with Gasteiger partial charge in [-0.05, 0) is 18.6 Å². The molecule has 0 fully saturated rings. The maximum absolute atomic E-state index is 4.28. The predicted molar refractivity (Wildman–Crippen MR) is 62.7 cm³/mol. The summed E-state index contributed by atoms with van der Waals surface area (Å²) in [5.41, 5.74) is 3.20. The molecule has 2 heterocycles. The predicted octanol–water partition coefficient (Wildman–Crippen LogP) is 1.41. The van der Waals surface area contributed by atoms with Crippen molar-refractivity contribution in [2.24, 2.45) is 7.05 Å². The number of hydrogen-bond acceptors (Lipinski definition) is 3. The molecule has 84 valence electrons. The summed E-state index contributed by atoms with van der Waals surface area (Å²) in [5.74, 6) is 0. The average molecular weight is 216 g/mol. The van der Waals surface area contributed by atoms with Crippen LogP contribution in [-0.4, -0.2) is 14.5 Å². The van der Waals surface area contributed by atoms with E-state index in [1.54, 1.807) is 6.20 Å². The molecule has 0 unspecified atom stereocenters. The van der Waals surface area contributed by atoms with Crippen molar-refractivity contribution in [3.63, 3.8) is 0 Å². The number of nitrogens with zero attached hydrogens (tertiary/aromatic N) is 3. The minimum atomic E-state index is 0.752. The molecule has 0 amide bonds. The summed E-state index contributed by atoms with van der Waals surface area (Å²) >= 11 is 0. The van der Waals surface area contributed by atoms with E-state index in [1.165, 1.54) is 5.56 Å². The Kier molecular flexibility index (Phi) is 3.31. The summed E-state index contributed by atoms with van der Waals surface area (Å²) in [6.45, 7) is 3.55. The van der Waals surface area contributed by atoms with Crippen LogP contribution in [0.2, 0.25) is 0 Å². The van der Waals surface area contributed by atoms with Gasteiger partial charge >= 0.3 is 0 Å². The van der Waals surface area contributed by atoms with E-state index in [0.29, 0.717) is 0 Å². The van der Waals surface area contributed by atoms with Gasteiger partial charge in [0.1, 0.15) is 0 Å². The average Bonchev–Trinajstić information content (AvgIpc) is 2.67. The van der Waals surface area contributed by atoms with Gasteiger partial charge in [0.25, 0.3) is 0 Å². The standard InChI is InChI=1S/C12H16N4/c1-10-5-15-12(8-14-10)7-13-6-11-3-4-16(2)9-11/h3-5,8-9,13H,6-7H2,1-2H3. The van der Waals surface area contributed by atoms with E-state index >= 15 is 0 Å². The van der Waals surface area contributed by atoms with Gasteiger partial charge in [0.2, 0.25) is 0 Å². The van der Waals surface area contributed by atoms with Crippen LogP contribution in [0.5, 0.6) is 0 Å². The Bertz CT molecular complexity index is 444. The van der Waals surface area contributed by atoms with E-state index in [1.807, 2.05) is 30.9 Å². The van der Waals surface area contributed by atoms with Gasteiger partial charge < -0.3 is 9.88 Å². The zero-order valence-corrected chi connectivity index (χ0v) is 9.64. The Hall–Kier alpha value is -1.68. The van der Waals surface area contributed by atoms with E-state index in [2.05, 4.69) is 27.5 Å². The third-order valence-electron chi connectivity index (χ3n) is 2.36. The molecule has 0 saturated heterocycles. The Morgan fingerprint density at radius 1 is 1.25 bits per heavy atom. The third-order valence-corrected chi connectivity index (χ3v) is 2.36. The Balaban J connectivity index is 1.82. The van der Waals surface area contributed by atoms with E-state index in [0.717, 1.165) is 24.5 Å². The fourth-order valence-corrected chi connectivity index (χ4v) is 1.51. The van der Waals surface area contributed by atoms with Crippen LogP contribution in [0, 0.1) is 6.92 Å². The maximum Gasteiger partial charge on any atom is 0.0724 e. The van der Waals surface area contributed by atoms with Gasteiger partial charge in [0.05, 0.1) is 11.4 Å². The second kappa shape index (κ2) is 4.90. The van der Waals surface area contributed by atoms with E-state index in [4.69, 9.17) is 0 Å². The summed E-state index contributed by atoms with van der Waals surface area (Å²) in [5, 5.41) is 3.33. The number of aryl methyl sites for hydroxylation is 2. The molecule has 0 aliphatic carbocycles. The molecule has 2 rings (SSSR count). The van der Waals surface area contributed by atoms with Crippen molar-refractivity contribution in [3.8, 4) is 0 Å². The van der Waals surface area contributed by atoms with Crippen molar-refractivity contribution in [1.82, 2.24) is 19.9 Å². The van der Waals surface area contributed by atoms with Gasteiger partial charge in [-0.3, -0.25) is 9.97 Å². The van der Waals surface area contributed by atoms with Gasteiger partial charge in [-0.2, -0.15) is 0 Å². The minimum absolute atomic E-state index is 0.752. The molecule has 0 bridgehead atoms. The SMILES string of the molecule is Cc1cnc(CNCc2ccn(C)c2)cn1. The first-order valence-corrected chi connectivity index (χ1v) is 5.33. The molecule has 4 heteroatoms. The molecule has 0 aromatic carbocycles. The third kappa shape index (κ3) is 2.90. The second-order valence-electron chi connectivity index (χ2n) is 3.94. The number of aromatic nitrogens is 3. The minimum Gasteiger partial charge on any atom is -0.357 e. The van der Waals surface area contributed by atoms with Crippen LogP contribution in [-0.2, 0) is 20.1 Å². The molecule has 0 spiro atoms. The van der Waals surface area contributed by atoms with E-state index < -0.39 is 0 Å². The molecule has 0 aliphatic heterocycles. The fourth-order valence-electron chi connectivity index (χ4n) is 1.51. The van der Waals surface area contributed by atoms with Crippen LogP contribution in [0.25, 0.3) is 0 Å². The quantitative estimate of drug-likeness (QED) is 0.840. The van der Waals surface area contributed by atoms with Crippen LogP contribution in [0.1, 0.15) is 17.0 Å². The van der Waals surface area contributed by atoms with Crippen LogP contribution in [0.4, 0.5) is 0 Å². The van der Waals surface area contributed by atoms with Gasteiger partial charge in [-0.1, -0.05) is 0 Å². The molecule has 0 radical (unpaired) electrons. The normalized spacial score (nSPS) is 10.6. The molecular formula is C12H16N4. The Labute approximate surface area is 95.4 Å². The van der Waals surface area contributed by atoms with Crippen LogP contribution >= 0.6 is 0 Å². The van der Waals surface area contributed by atoms with Crippen LogP contribution in [0.15, 0.2) is 30.9 Å². The number of hydrogen-bond donors (Lipinski definition) is 1. The van der Waals surface area contributed by atoms with E-state index in [-0.39, 0.29) is 0 Å². The first kappa shape index (κ1) is 10.8. The molecule has 0 atom stereocenters. The van der Waals surface area contributed by atoms with Crippen molar-refractivity contribution >= 4 is 0 Å². The highest BCUT2D eigenvalue weighted by atomic mass is 14.9. The van der Waals surface area contributed by atoms with Crippen molar-refractivity contribution < 1.29 is 0 Å². The zero-order valence-electron chi connectivity index (χ0n) is 9.64. The highest BCUT2D eigenvalue weighted by Gasteiger charge is 1.96. The monoisotopic (exact) mass is 216 g/mol. The highest BCUT2D eigenvalue weighted by molar-refractivity contribution is 5.09. The Morgan fingerprint density at radius 2 is 2.12 bits per heavy atom. The summed E-state index contributed by atoms with van der Waals surface area (Å²) in [6.07, 6.45) is 7.75. The second-order valence-corrected chi connectivity index (χ2v) is 3.94. The Morgan fingerprint density at radius 3 is 2.75 bits per heavy atom. The van der Waals surface area contributed by atoms with Crippen LogP contribution < -0.4 is 5.32 Å². The van der Waals surface area contributed by atoms with Crippen molar-refractivity contribution in [1.29, 1.82) is 0 Å². The number of nitrogens with one attached hydrogen (secondary N) is 1. The summed E-state index contributed by atoms with van der Waals surface area (Å²) in [7, 11) is 2.02. The topological polar surface area (TPSA) is 42.7 Å². The fraction of sp³-hybridized carbons (Fsp3) is 0.333. The molecule has 2 aromatic heterocycles. The van der Waals surface area contributed by atoms with Crippen LogP contribution in [0.3, 0.4) is 0 Å². The van der Waals surface area contributed by atoms with Crippen molar-refractivity contribution in [2.45, 2.75) is 20.0 Å². The lowest BCUT2D eigenvalue weighted by atomic mass is 10.3. The van der Waals surface area contributed by atoms with Gasteiger partial charge in [-0.15, -0.1) is 0 Å². The maximum atomic E-state index is 4.28.